The number of hydrogen-bond donors (Lipinski definition) is 0. The number of aliphatic imine (C=N–C) groups is 1. The summed E-state index contributed by atoms with van der Waals surface area (Å²) in [5.41, 5.74) is 0.287. The van der Waals surface area contributed by atoms with Gasteiger partial charge in [-0.05, 0) is 33.1 Å². The molecule has 0 atom stereocenters. The van der Waals surface area contributed by atoms with Crippen molar-refractivity contribution in [2.24, 2.45) is 10.4 Å². The average molecular weight is 273 g/mol. The molecule has 0 amide bonds. The van der Waals surface area contributed by atoms with Crippen molar-refractivity contribution < 1.29 is 19.5 Å². The minimum Gasteiger partial charge on any atom is -0.429 e. The van der Waals surface area contributed by atoms with Gasteiger partial charge >= 0.3 is 0 Å². The first-order valence-corrected chi connectivity index (χ1v) is 4.18. The maximum atomic E-state index is 4.07. The molecule has 1 radical (unpaired) electrons. The predicted octanol–water partition coefficient (Wildman–Crippen LogP) is 1.95. The van der Waals surface area contributed by atoms with Gasteiger partial charge in [0.25, 0.3) is 0 Å². The van der Waals surface area contributed by atoms with Gasteiger partial charge in [-0.25, -0.2) is 0 Å². The Bertz CT molecular complexity index is 161. The van der Waals surface area contributed by atoms with Gasteiger partial charge in [0.1, 0.15) is 0 Å². The van der Waals surface area contributed by atoms with Gasteiger partial charge in [-0.15, -0.1) is 0 Å². The van der Waals surface area contributed by atoms with Crippen LogP contribution in [0.2, 0.25) is 0 Å². The molecule has 0 aliphatic rings. The average Bonchev–Trinajstić information content (AvgIpc) is 1.85. The minimum absolute atomic E-state index is 0. The molecular weight excluding hydrogens is 253 g/mol. The van der Waals surface area contributed by atoms with E-state index in [2.05, 4.69) is 36.0 Å². The molecule has 0 bridgehead atoms. The van der Waals surface area contributed by atoms with Gasteiger partial charge in [0.05, 0.1) is 0 Å². The molecule has 0 saturated carbocycles. The molecule has 3 nitrogen and oxygen atoms in total. The summed E-state index contributed by atoms with van der Waals surface area (Å²) >= 11 is 0. The van der Waals surface area contributed by atoms with Crippen LogP contribution in [0.25, 0.3) is 5.32 Å². The standard InChI is InChI=1S/C9H20N3.Rh/c1-9(2,3)7-12(6)8(10-4)11-5;/h7H2,1-6H3;/q-1;. The fourth-order valence-electron chi connectivity index (χ4n) is 1.22. The normalized spacial score (nSPS) is 12.0. The zero-order chi connectivity index (χ0) is 9.78. The van der Waals surface area contributed by atoms with Crippen molar-refractivity contribution in [2.75, 3.05) is 27.7 Å². The largest absolute Gasteiger partial charge is 0.429 e. The van der Waals surface area contributed by atoms with Crippen LogP contribution >= 0.6 is 0 Å². The fourth-order valence-corrected chi connectivity index (χ4v) is 1.22. The summed E-state index contributed by atoms with van der Waals surface area (Å²) in [6.45, 7) is 7.57. The van der Waals surface area contributed by atoms with E-state index >= 15 is 0 Å². The molecule has 81 valence electrons. The predicted molar refractivity (Wildman–Crippen MR) is 54.7 cm³/mol. The van der Waals surface area contributed by atoms with Gasteiger partial charge in [0.15, 0.2) is 0 Å². The Kier molecular flexibility index (Phi) is 7.52. The van der Waals surface area contributed by atoms with Crippen LogP contribution in [-0.2, 0) is 19.5 Å². The molecule has 0 heterocycles. The monoisotopic (exact) mass is 273 g/mol. The van der Waals surface area contributed by atoms with Crippen LogP contribution in [0.4, 0.5) is 0 Å². The fraction of sp³-hybridized carbons (Fsp3) is 0.889. The molecule has 4 heteroatoms. The van der Waals surface area contributed by atoms with Gasteiger partial charge in [0, 0.05) is 25.4 Å². The van der Waals surface area contributed by atoms with Crippen molar-refractivity contribution in [2.45, 2.75) is 20.8 Å². The van der Waals surface area contributed by atoms with E-state index in [-0.39, 0.29) is 24.9 Å². The van der Waals surface area contributed by atoms with Gasteiger partial charge in [-0.1, -0.05) is 20.8 Å². The second-order valence-corrected chi connectivity index (χ2v) is 4.16. The van der Waals surface area contributed by atoms with Crippen molar-refractivity contribution in [3.8, 4) is 0 Å². The third-order valence-corrected chi connectivity index (χ3v) is 1.45. The Morgan fingerprint density at radius 1 is 1.38 bits per heavy atom. The van der Waals surface area contributed by atoms with Crippen molar-refractivity contribution in [3.63, 3.8) is 0 Å². The van der Waals surface area contributed by atoms with E-state index < -0.39 is 0 Å². The Labute approximate surface area is 94.7 Å². The number of hydrogen-bond acceptors (Lipinski definition) is 1. The Morgan fingerprint density at radius 3 is 2.08 bits per heavy atom. The number of rotatable bonds is 1. The van der Waals surface area contributed by atoms with Crippen LogP contribution in [-0.4, -0.2) is 38.5 Å². The summed E-state index contributed by atoms with van der Waals surface area (Å²) in [4.78, 5) is 6.14. The molecule has 0 unspecified atom stereocenters. The van der Waals surface area contributed by atoms with Gasteiger partial charge in [-0.3, -0.25) is 0 Å². The van der Waals surface area contributed by atoms with Crippen molar-refractivity contribution in [3.05, 3.63) is 5.32 Å². The molecule has 0 spiro atoms. The molecule has 0 aromatic carbocycles. The first kappa shape index (κ1) is 15.4. The molecule has 0 rings (SSSR count). The third-order valence-electron chi connectivity index (χ3n) is 1.45. The van der Waals surface area contributed by atoms with Gasteiger partial charge in [-0.2, -0.15) is 0 Å². The third kappa shape index (κ3) is 7.00. The van der Waals surface area contributed by atoms with Crippen LogP contribution in [0.1, 0.15) is 20.8 Å². The molecule has 0 fully saturated rings. The molecule has 13 heavy (non-hydrogen) atoms. The number of guanidine groups is 1. The quantitative estimate of drug-likeness (QED) is 0.408. The van der Waals surface area contributed by atoms with E-state index in [1.165, 1.54) is 0 Å². The zero-order valence-corrected chi connectivity index (χ0v) is 11.0. The smallest absolute Gasteiger partial charge is 0.00835 e. The molecule has 0 aromatic rings. The summed E-state index contributed by atoms with van der Waals surface area (Å²) in [6, 6.07) is 0. The zero-order valence-electron chi connectivity index (χ0n) is 9.38. The molecule has 0 N–H and O–H groups in total. The van der Waals surface area contributed by atoms with Gasteiger partial charge < -0.3 is 15.2 Å². The summed E-state index contributed by atoms with van der Waals surface area (Å²) in [5, 5.41) is 4.07. The van der Waals surface area contributed by atoms with Crippen LogP contribution < -0.4 is 0 Å². The van der Waals surface area contributed by atoms with Gasteiger partial charge in [0.2, 0.25) is 0 Å². The topological polar surface area (TPSA) is 29.7 Å². The van der Waals surface area contributed by atoms with Crippen LogP contribution in [0.5, 0.6) is 0 Å². The first-order valence-electron chi connectivity index (χ1n) is 4.18. The summed E-state index contributed by atoms with van der Waals surface area (Å²) < 4.78 is 0. The molecule has 0 aliphatic heterocycles. The second kappa shape index (κ2) is 6.36. The van der Waals surface area contributed by atoms with E-state index in [1.807, 2.05) is 7.05 Å². The van der Waals surface area contributed by atoms with E-state index in [9.17, 15) is 0 Å². The maximum Gasteiger partial charge on any atom is 0.00835 e. The van der Waals surface area contributed by atoms with Crippen LogP contribution in [0, 0.1) is 5.41 Å². The van der Waals surface area contributed by atoms with Crippen LogP contribution in [0.15, 0.2) is 4.99 Å². The SMILES string of the molecule is CN=C([N-]C)N(C)CC(C)(C)C.[Rh]. The van der Waals surface area contributed by atoms with Crippen LogP contribution in [0.3, 0.4) is 0 Å². The van der Waals surface area contributed by atoms with E-state index in [1.54, 1.807) is 14.1 Å². The molecule has 0 aliphatic carbocycles. The molecular formula is C9H20N3Rh-. The van der Waals surface area contributed by atoms with E-state index in [0.717, 1.165) is 12.5 Å². The second-order valence-electron chi connectivity index (χ2n) is 4.16. The number of nitrogens with zero attached hydrogens (tertiary/aromatic N) is 3. The molecule has 0 aromatic heterocycles. The van der Waals surface area contributed by atoms with E-state index in [4.69, 9.17) is 0 Å². The van der Waals surface area contributed by atoms with E-state index in [0.29, 0.717) is 0 Å². The van der Waals surface area contributed by atoms with Crippen molar-refractivity contribution in [1.82, 2.24) is 4.90 Å². The Hall–Kier alpha value is -0.107. The summed E-state index contributed by atoms with van der Waals surface area (Å²) in [7, 11) is 5.55. The Morgan fingerprint density at radius 2 is 1.85 bits per heavy atom. The Balaban J connectivity index is 0. The maximum absolute atomic E-state index is 4.07. The minimum atomic E-state index is 0. The van der Waals surface area contributed by atoms with Crippen molar-refractivity contribution in [1.29, 1.82) is 0 Å². The molecule has 0 saturated heterocycles. The summed E-state index contributed by atoms with van der Waals surface area (Å²) in [5.74, 6) is 0.810. The van der Waals surface area contributed by atoms with Crippen molar-refractivity contribution >= 4 is 5.96 Å². The first-order chi connectivity index (χ1) is 5.40. The summed E-state index contributed by atoms with van der Waals surface area (Å²) in [6.07, 6.45) is 0.